The maximum Gasteiger partial charge on any atom is 0.220 e. The van der Waals surface area contributed by atoms with Crippen molar-refractivity contribution in [2.45, 2.75) is 45.1 Å². The van der Waals surface area contributed by atoms with Gasteiger partial charge >= 0.3 is 0 Å². The van der Waals surface area contributed by atoms with E-state index in [-0.39, 0.29) is 18.6 Å². The van der Waals surface area contributed by atoms with Gasteiger partial charge < -0.3 is 10.4 Å². The lowest BCUT2D eigenvalue weighted by atomic mass is 9.85. The van der Waals surface area contributed by atoms with E-state index in [1.54, 1.807) is 0 Å². The number of hydrogen-bond acceptors (Lipinski definition) is 2. The van der Waals surface area contributed by atoms with Gasteiger partial charge in [0.25, 0.3) is 0 Å². The smallest absolute Gasteiger partial charge is 0.220 e. The highest BCUT2D eigenvalue weighted by Gasteiger charge is 2.47. The molecule has 0 aliphatic heterocycles. The maximum atomic E-state index is 11.5. The number of aliphatic hydroxyl groups excluding tert-OH is 1. The van der Waals surface area contributed by atoms with Crippen LogP contribution < -0.4 is 5.32 Å². The standard InChI is InChI=1S/C12H21NO2/c1-2-3-11(15)13-12-9-5-4-8(6-9)10(12)7-14/h8-10,12,14H,2-7H2,1H3,(H,13,15). The van der Waals surface area contributed by atoms with Gasteiger partial charge in [-0.3, -0.25) is 4.79 Å². The quantitative estimate of drug-likeness (QED) is 0.736. The summed E-state index contributed by atoms with van der Waals surface area (Å²) in [5, 5.41) is 12.5. The van der Waals surface area contributed by atoms with Crippen LogP contribution in [0, 0.1) is 17.8 Å². The topological polar surface area (TPSA) is 49.3 Å². The molecule has 1 amide bonds. The van der Waals surface area contributed by atoms with E-state index in [0.717, 1.165) is 6.42 Å². The van der Waals surface area contributed by atoms with Gasteiger partial charge in [-0.05, 0) is 37.5 Å². The van der Waals surface area contributed by atoms with Gasteiger partial charge in [0.1, 0.15) is 0 Å². The fourth-order valence-electron chi connectivity index (χ4n) is 3.38. The molecule has 15 heavy (non-hydrogen) atoms. The Morgan fingerprint density at radius 3 is 2.80 bits per heavy atom. The number of aliphatic hydroxyl groups is 1. The second-order valence-corrected chi connectivity index (χ2v) is 5.02. The van der Waals surface area contributed by atoms with Crippen LogP contribution >= 0.6 is 0 Å². The van der Waals surface area contributed by atoms with Crippen molar-refractivity contribution >= 4 is 5.91 Å². The molecule has 0 saturated heterocycles. The lowest BCUT2D eigenvalue weighted by molar-refractivity contribution is -0.122. The van der Waals surface area contributed by atoms with E-state index in [1.165, 1.54) is 19.3 Å². The lowest BCUT2D eigenvalue weighted by Gasteiger charge is -2.30. The summed E-state index contributed by atoms with van der Waals surface area (Å²) in [4.78, 5) is 11.5. The summed E-state index contributed by atoms with van der Waals surface area (Å²) >= 11 is 0. The van der Waals surface area contributed by atoms with Crippen molar-refractivity contribution in [1.82, 2.24) is 5.32 Å². The van der Waals surface area contributed by atoms with Crippen molar-refractivity contribution in [3.05, 3.63) is 0 Å². The van der Waals surface area contributed by atoms with Gasteiger partial charge in [-0.15, -0.1) is 0 Å². The Balaban J connectivity index is 1.93. The minimum Gasteiger partial charge on any atom is -0.396 e. The van der Waals surface area contributed by atoms with Gasteiger partial charge in [-0.1, -0.05) is 6.92 Å². The number of fused-ring (bicyclic) bond motifs is 2. The molecule has 2 fully saturated rings. The number of carbonyl (C=O) groups is 1. The van der Waals surface area contributed by atoms with E-state index in [4.69, 9.17) is 0 Å². The molecular weight excluding hydrogens is 190 g/mol. The summed E-state index contributed by atoms with van der Waals surface area (Å²) < 4.78 is 0. The van der Waals surface area contributed by atoms with E-state index in [1.807, 2.05) is 6.92 Å². The highest BCUT2D eigenvalue weighted by Crippen LogP contribution is 2.48. The molecule has 4 atom stereocenters. The second-order valence-electron chi connectivity index (χ2n) is 5.02. The molecule has 3 nitrogen and oxygen atoms in total. The third-order valence-corrected chi connectivity index (χ3v) is 4.10. The van der Waals surface area contributed by atoms with Crippen molar-refractivity contribution in [3.8, 4) is 0 Å². The molecule has 3 heteroatoms. The first-order chi connectivity index (χ1) is 7.26. The Labute approximate surface area is 91.2 Å². The van der Waals surface area contributed by atoms with Gasteiger partial charge in [0.2, 0.25) is 5.91 Å². The average molecular weight is 211 g/mol. The summed E-state index contributed by atoms with van der Waals surface area (Å²) in [5.74, 6) is 1.78. The molecule has 2 bridgehead atoms. The van der Waals surface area contributed by atoms with Crippen molar-refractivity contribution in [2.75, 3.05) is 6.61 Å². The van der Waals surface area contributed by atoms with Gasteiger partial charge in [0.05, 0.1) is 0 Å². The minimum atomic E-state index is 0.161. The van der Waals surface area contributed by atoms with Gasteiger partial charge in [0.15, 0.2) is 0 Å². The van der Waals surface area contributed by atoms with Crippen LogP contribution in [0.4, 0.5) is 0 Å². The number of rotatable bonds is 4. The third-order valence-electron chi connectivity index (χ3n) is 4.10. The zero-order valence-corrected chi connectivity index (χ0v) is 9.41. The van der Waals surface area contributed by atoms with Crippen molar-refractivity contribution in [1.29, 1.82) is 0 Å². The summed E-state index contributed by atoms with van der Waals surface area (Å²) in [6.45, 7) is 2.25. The van der Waals surface area contributed by atoms with Crippen LogP contribution in [0.2, 0.25) is 0 Å². The van der Waals surface area contributed by atoms with Gasteiger partial charge in [0, 0.05) is 25.0 Å². The molecule has 2 saturated carbocycles. The predicted molar refractivity (Wildman–Crippen MR) is 58.2 cm³/mol. The van der Waals surface area contributed by atoms with E-state index in [9.17, 15) is 9.90 Å². The van der Waals surface area contributed by atoms with Gasteiger partial charge in [-0.25, -0.2) is 0 Å². The van der Waals surface area contributed by atoms with E-state index < -0.39 is 0 Å². The first kappa shape index (κ1) is 10.9. The predicted octanol–water partition coefficient (Wildman–Crippen LogP) is 1.31. The van der Waals surface area contributed by atoms with Crippen LogP contribution in [-0.4, -0.2) is 23.7 Å². The highest BCUT2D eigenvalue weighted by molar-refractivity contribution is 5.76. The molecular formula is C12H21NO2. The minimum absolute atomic E-state index is 0.161. The van der Waals surface area contributed by atoms with Crippen LogP contribution in [-0.2, 0) is 4.79 Å². The molecule has 0 aromatic heterocycles. The summed E-state index contributed by atoms with van der Waals surface area (Å²) in [5.41, 5.74) is 0. The fourth-order valence-corrected chi connectivity index (χ4v) is 3.38. The molecule has 86 valence electrons. The second kappa shape index (κ2) is 4.52. The zero-order valence-electron chi connectivity index (χ0n) is 9.41. The lowest BCUT2D eigenvalue weighted by Crippen LogP contribution is -2.45. The molecule has 2 aliphatic carbocycles. The summed E-state index contributed by atoms with van der Waals surface area (Å²) in [6, 6.07) is 0.257. The Kier molecular flexibility index (Phi) is 3.29. The first-order valence-electron chi connectivity index (χ1n) is 6.16. The molecule has 2 N–H and O–H groups in total. The molecule has 0 heterocycles. The Hall–Kier alpha value is -0.570. The van der Waals surface area contributed by atoms with Crippen LogP contribution in [0.25, 0.3) is 0 Å². The molecule has 0 aromatic rings. The van der Waals surface area contributed by atoms with Crippen LogP contribution in [0.3, 0.4) is 0 Å². The molecule has 0 spiro atoms. The number of carbonyl (C=O) groups excluding carboxylic acids is 1. The zero-order chi connectivity index (χ0) is 10.8. The summed E-state index contributed by atoms with van der Waals surface area (Å²) in [6.07, 6.45) is 5.21. The van der Waals surface area contributed by atoms with E-state index in [0.29, 0.717) is 24.2 Å². The van der Waals surface area contributed by atoms with E-state index in [2.05, 4.69) is 5.32 Å². The maximum absolute atomic E-state index is 11.5. The molecule has 0 aromatic carbocycles. The van der Waals surface area contributed by atoms with Crippen molar-refractivity contribution < 1.29 is 9.90 Å². The van der Waals surface area contributed by atoms with Gasteiger partial charge in [-0.2, -0.15) is 0 Å². The Morgan fingerprint density at radius 1 is 1.40 bits per heavy atom. The van der Waals surface area contributed by atoms with Crippen LogP contribution in [0.5, 0.6) is 0 Å². The first-order valence-corrected chi connectivity index (χ1v) is 6.16. The molecule has 2 rings (SSSR count). The highest BCUT2D eigenvalue weighted by atomic mass is 16.3. The van der Waals surface area contributed by atoms with Crippen molar-refractivity contribution in [3.63, 3.8) is 0 Å². The largest absolute Gasteiger partial charge is 0.396 e. The van der Waals surface area contributed by atoms with Crippen molar-refractivity contribution in [2.24, 2.45) is 17.8 Å². The monoisotopic (exact) mass is 211 g/mol. The number of nitrogens with one attached hydrogen (secondary N) is 1. The SMILES string of the molecule is CCCC(=O)NC1C2CCC(C2)C1CO. The number of hydrogen-bond donors (Lipinski definition) is 2. The molecule has 4 unspecified atom stereocenters. The molecule has 2 aliphatic rings. The Morgan fingerprint density at radius 2 is 2.13 bits per heavy atom. The summed E-state index contributed by atoms with van der Waals surface area (Å²) in [7, 11) is 0. The molecule has 0 radical (unpaired) electrons. The van der Waals surface area contributed by atoms with Crippen LogP contribution in [0.1, 0.15) is 39.0 Å². The fraction of sp³-hybridized carbons (Fsp3) is 0.917. The average Bonchev–Trinajstić information content (AvgIpc) is 2.78. The Bertz CT molecular complexity index is 242. The van der Waals surface area contributed by atoms with E-state index >= 15 is 0 Å². The number of amides is 1. The third kappa shape index (κ3) is 2.03. The van der Waals surface area contributed by atoms with Crippen LogP contribution in [0.15, 0.2) is 0 Å². The normalized spacial score (nSPS) is 38.3.